The number of fused-ring (bicyclic) bond motifs is 3. The molecule has 3 heteroatoms. The van der Waals surface area contributed by atoms with Gasteiger partial charge in [0.15, 0.2) is 12.0 Å². The molecule has 0 aliphatic carbocycles. The van der Waals surface area contributed by atoms with Gasteiger partial charge in [-0.25, -0.2) is 0 Å². The smallest absolute Gasteiger partial charge is 0.196 e. The second-order valence-electron chi connectivity index (χ2n) is 6.44. The summed E-state index contributed by atoms with van der Waals surface area (Å²) in [5.41, 5.74) is 4.52. The second kappa shape index (κ2) is 6.08. The van der Waals surface area contributed by atoms with E-state index in [1.807, 2.05) is 30.3 Å². The van der Waals surface area contributed by atoms with Crippen LogP contribution in [0.15, 0.2) is 84.9 Å². The second-order valence-corrected chi connectivity index (χ2v) is 6.87. The molecule has 0 radical (unpaired) electrons. The standard InChI is InChI=1S/C23H16ClNO/c24-19-11-12-20-18(14-19)10-13-21-22(20)26-23(25-21)17-8-6-16(7-9-17)15-4-2-1-3-5-15/h1-14,23,25H. The molecule has 1 N–H and O–H groups in total. The van der Waals surface area contributed by atoms with E-state index in [2.05, 4.69) is 59.9 Å². The zero-order valence-corrected chi connectivity index (χ0v) is 14.7. The molecule has 0 amide bonds. The first-order valence-corrected chi connectivity index (χ1v) is 8.96. The zero-order valence-electron chi connectivity index (χ0n) is 13.9. The molecule has 0 saturated carbocycles. The summed E-state index contributed by atoms with van der Waals surface area (Å²) in [6.45, 7) is 0. The molecule has 0 spiro atoms. The van der Waals surface area contributed by atoms with Crippen LogP contribution in [0.2, 0.25) is 5.02 Å². The average Bonchev–Trinajstić information content (AvgIpc) is 3.13. The lowest BCUT2D eigenvalue weighted by Crippen LogP contribution is -2.09. The number of rotatable bonds is 2. The molecule has 1 heterocycles. The molecule has 1 atom stereocenters. The lowest BCUT2D eigenvalue weighted by molar-refractivity contribution is 0.262. The fourth-order valence-electron chi connectivity index (χ4n) is 3.43. The molecule has 0 saturated heterocycles. The third kappa shape index (κ3) is 2.59. The molecule has 4 aromatic carbocycles. The van der Waals surface area contributed by atoms with Crippen LogP contribution >= 0.6 is 11.6 Å². The molecule has 1 aliphatic rings. The van der Waals surface area contributed by atoms with Crippen molar-refractivity contribution in [1.82, 2.24) is 0 Å². The topological polar surface area (TPSA) is 21.3 Å². The summed E-state index contributed by atoms with van der Waals surface area (Å²) in [6, 6.07) is 28.9. The lowest BCUT2D eigenvalue weighted by Gasteiger charge is -2.12. The molecule has 5 rings (SSSR count). The van der Waals surface area contributed by atoms with Crippen LogP contribution in [0.1, 0.15) is 11.8 Å². The Bertz CT molecular complexity index is 1090. The van der Waals surface area contributed by atoms with Gasteiger partial charge in [0, 0.05) is 16.0 Å². The number of halogens is 1. The fraction of sp³-hybridized carbons (Fsp3) is 0.0435. The van der Waals surface area contributed by atoms with Crippen molar-refractivity contribution < 1.29 is 4.74 Å². The van der Waals surface area contributed by atoms with Gasteiger partial charge in [0.25, 0.3) is 0 Å². The van der Waals surface area contributed by atoms with E-state index < -0.39 is 0 Å². The summed E-state index contributed by atoms with van der Waals surface area (Å²) >= 11 is 6.10. The van der Waals surface area contributed by atoms with Crippen molar-refractivity contribution in [2.24, 2.45) is 0 Å². The largest absolute Gasteiger partial charge is 0.464 e. The van der Waals surface area contributed by atoms with Crippen LogP contribution in [0.5, 0.6) is 5.75 Å². The van der Waals surface area contributed by atoms with Crippen molar-refractivity contribution in [1.29, 1.82) is 0 Å². The molecule has 0 fully saturated rings. The quantitative estimate of drug-likeness (QED) is 0.433. The summed E-state index contributed by atoms with van der Waals surface area (Å²) in [5, 5.41) is 6.35. The van der Waals surface area contributed by atoms with Crippen LogP contribution in [-0.4, -0.2) is 0 Å². The Kier molecular flexibility index (Phi) is 3.58. The minimum Gasteiger partial charge on any atom is -0.464 e. The molecule has 126 valence electrons. The third-order valence-electron chi connectivity index (χ3n) is 4.78. The number of hydrogen-bond donors (Lipinski definition) is 1. The van der Waals surface area contributed by atoms with Gasteiger partial charge in [0.05, 0.1) is 5.69 Å². The van der Waals surface area contributed by atoms with Gasteiger partial charge in [-0.2, -0.15) is 0 Å². The summed E-state index contributed by atoms with van der Waals surface area (Å²) in [6.07, 6.45) is -0.184. The van der Waals surface area contributed by atoms with Crippen molar-refractivity contribution in [3.05, 3.63) is 95.5 Å². The highest BCUT2D eigenvalue weighted by Crippen LogP contribution is 2.43. The van der Waals surface area contributed by atoms with E-state index in [0.717, 1.165) is 32.8 Å². The van der Waals surface area contributed by atoms with E-state index in [1.165, 1.54) is 11.1 Å². The first-order valence-electron chi connectivity index (χ1n) is 8.59. The van der Waals surface area contributed by atoms with Crippen LogP contribution in [0.3, 0.4) is 0 Å². The minimum absolute atomic E-state index is 0.184. The van der Waals surface area contributed by atoms with Gasteiger partial charge in [0.1, 0.15) is 0 Å². The molecule has 4 aromatic rings. The maximum absolute atomic E-state index is 6.24. The lowest BCUT2D eigenvalue weighted by atomic mass is 10.0. The van der Waals surface area contributed by atoms with E-state index in [4.69, 9.17) is 16.3 Å². The first kappa shape index (κ1) is 15.3. The number of anilines is 1. The SMILES string of the molecule is Clc1ccc2c3c(ccc2c1)NC(c1ccc(-c2ccccc2)cc1)O3. The van der Waals surface area contributed by atoms with E-state index in [9.17, 15) is 0 Å². The van der Waals surface area contributed by atoms with Crippen LogP contribution in [0.4, 0.5) is 5.69 Å². The fourth-order valence-corrected chi connectivity index (χ4v) is 3.61. The molecular weight excluding hydrogens is 342 g/mol. The van der Waals surface area contributed by atoms with Crippen LogP contribution in [-0.2, 0) is 0 Å². The molecule has 1 unspecified atom stereocenters. The van der Waals surface area contributed by atoms with Crippen molar-refractivity contribution in [2.75, 3.05) is 5.32 Å². The number of hydrogen-bond acceptors (Lipinski definition) is 2. The zero-order chi connectivity index (χ0) is 17.5. The number of ether oxygens (including phenoxy) is 1. The molecule has 2 nitrogen and oxygen atoms in total. The molecular formula is C23H16ClNO. The normalized spacial score (nSPS) is 15.3. The molecule has 0 aromatic heterocycles. The minimum atomic E-state index is -0.184. The Morgan fingerprint density at radius 3 is 2.35 bits per heavy atom. The molecule has 1 aliphatic heterocycles. The highest BCUT2D eigenvalue weighted by molar-refractivity contribution is 6.31. The van der Waals surface area contributed by atoms with Gasteiger partial charge in [-0.15, -0.1) is 0 Å². The Balaban J connectivity index is 1.46. The van der Waals surface area contributed by atoms with E-state index in [-0.39, 0.29) is 6.23 Å². The maximum Gasteiger partial charge on any atom is 0.196 e. The average molecular weight is 358 g/mol. The Hall–Kier alpha value is -2.97. The van der Waals surface area contributed by atoms with Crippen molar-refractivity contribution in [3.63, 3.8) is 0 Å². The van der Waals surface area contributed by atoms with Crippen LogP contribution in [0.25, 0.3) is 21.9 Å². The van der Waals surface area contributed by atoms with E-state index >= 15 is 0 Å². The van der Waals surface area contributed by atoms with Gasteiger partial charge in [-0.1, -0.05) is 72.3 Å². The maximum atomic E-state index is 6.24. The van der Waals surface area contributed by atoms with E-state index in [0.29, 0.717) is 0 Å². The summed E-state index contributed by atoms with van der Waals surface area (Å²) in [5.74, 6) is 0.885. The monoisotopic (exact) mass is 357 g/mol. The van der Waals surface area contributed by atoms with E-state index in [1.54, 1.807) is 0 Å². The predicted molar refractivity (Wildman–Crippen MR) is 108 cm³/mol. The highest BCUT2D eigenvalue weighted by atomic mass is 35.5. The number of benzene rings is 4. The predicted octanol–water partition coefficient (Wildman–Crippen LogP) is 6.66. The summed E-state index contributed by atoms with van der Waals surface area (Å²) in [4.78, 5) is 0. The highest BCUT2D eigenvalue weighted by Gasteiger charge is 2.25. The summed E-state index contributed by atoms with van der Waals surface area (Å²) < 4.78 is 6.24. The molecule has 26 heavy (non-hydrogen) atoms. The molecule has 0 bridgehead atoms. The van der Waals surface area contributed by atoms with Crippen molar-refractivity contribution in [3.8, 4) is 16.9 Å². The Labute approximate surface area is 157 Å². The third-order valence-corrected chi connectivity index (χ3v) is 5.01. The van der Waals surface area contributed by atoms with Crippen LogP contribution < -0.4 is 10.1 Å². The Morgan fingerprint density at radius 2 is 1.54 bits per heavy atom. The summed E-state index contributed by atoms with van der Waals surface area (Å²) in [7, 11) is 0. The van der Waals surface area contributed by atoms with Gasteiger partial charge in [-0.3, -0.25) is 0 Å². The van der Waals surface area contributed by atoms with Gasteiger partial charge >= 0.3 is 0 Å². The van der Waals surface area contributed by atoms with Gasteiger partial charge in [-0.05, 0) is 40.8 Å². The van der Waals surface area contributed by atoms with Gasteiger partial charge < -0.3 is 10.1 Å². The van der Waals surface area contributed by atoms with Crippen molar-refractivity contribution >= 4 is 28.1 Å². The van der Waals surface area contributed by atoms with Gasteiger partial charge in [0.2, 0.25) is 0 Å². The Morgan fingerprint density at radius 1 is 0.769 bits per heavy atom. The van der Waals surface area contributed by atoms with Crippen LogP contribution in [0, 0.1) is 0 Å². The number of nitrogens with one attached hydrogen (secondary N) is 1. The van der Waals surface area contributed by atoms with Crippen molar-refractivity contribution in [2.45, 2.75) is 6.23 Å². The first-order chi connectivity index (χ1) is 12.8.